The second-order valence-corrected chi connectivity index (χ2v) is 9.54. The van der Waals surface area contributed by atoms with E-state index in [1.54, 1.807) is 32.1 Å². The molecule has 5 rings (SSSR count). The Bertz CT molecular complexity index is 1430. The number of H-pyrrole nitrogens is 1. The molecule has 0 spiro atoms. The van der Waals surface area contributed by atoms with E-state index in [0.717, 1.165) is 42.6 Å². The summed E-state index contributed by atoms with van der Waals surface area (Å²) in [5, 5.41) is 13.6. The minimum atomic E-state index is -0.405. The van der Waals surface area contributed by atoms with Gasteiger partial charge in [0.15, 0.2) is 17.3 Å². The molecule has 10 nitrogen and oxygen atoms in total. The molecule has 0 radical (unpaired) electrons. The van der Waals surface area contributed by atoms with Gasteiger partial charge in [-0.25, -0.2) is 4.68 Å². The van der Waals surface area contributed by atoms with Crippen LogP contribution in [0.3, 0.4) is 0 Å². The Morgan fingerprint density at radius 2 is 1.81 bits per heavy atom. The van der Waals surface area contributed by atoms with E-state index in [4.69, 9.17) is 14.2 Å². The van der Waals surface area contributed by atoms with Gasteiger partial charge >= 0.3 is 0 Å². The van der Waals surface area contributed by atoms with E-state index in [-0.39, 0.29) is 5.56 Å². The summed E-state index contributed by atoms with van der Waals surface area (Å²) in [5.74, 6) is 3.08. The molecule has 1 N–H and O–H groups in total. The quantitative estimate of drug-likeness (QED) is 0.389. The lowest BCUT2D eigenvalue weighted by Gasteiger charge is -2.36. The van der Waals surface area contributed by atoms with E-state index in [1.165, 1.54) is 0 Å². The molecule has 2 aromatic heterocycles. The average Bonchev–Trinajstić information content (AvgIpc) is 3.36. The zero-order chi connectivity index (χ0) is 25.9. The molecule has 1 saturated heterocycles. The topological polar surface area (TPSA) is 107 Å². The maximum atomic E-state index is 13.5. The fourth-order valence-electron chi connectivity index (χ4n) is 5.14. The molecule has 0 aliphatic carbocycles. The second-order valence-electron chi connectivity index (χ2n) is 9.54. The Hall–Kier alpha value is -3.92. The van der Waals surface area contributed by atoms with Gasteiger partial charge in [0.1, 0.15) is 11.8 Å². The van der Waals surface area contributed by atoms with Gasteiger partial charge < -0.3 is 19.2 Å². The molecule has 0 amide bonds. The highest BCUT2D eigenvalue weighted by Gasteiger charge is 2.33. The largest absolute Gasteiger partial charge is 0.497 e. The first-order valence-electron chi connectivity index (χ1n) is 12.4. The smallest absolute Gasteiger partial charge is 0.253 e. The molecule has 2 atom stereocenters. The number of hydrogen-bond acceptors (Lipinski definition) is 8. The van der Waals surface area contributed by atoms with Crippen LogP contribution >= 0.6 is 0 Å². The van der Waals surface area contributed by atoms with Crippen molar-refractivity contribution in [3.8, 4) is 17.2 Å². The number of likely N-dealkylation sites (tertiary alicyclic amines) is 1. The number of tetrazole rings is 1. The van der Waals surface area contributed by atoms with E-state index < -0.39 is 6.04 Å². The maximum absolute atomic E-state index is 13.5. The van der Waals surface area contributed by atoms with Crippen molar-refractivity contribution in [1.82, 2.24) is 30.1 Å². The third kappa shape index (κ3) is 5.01. The van der Waals surface area contributed by atoms with Crippen molar-refractivity contribution in [2.24, 2.45) is 5.92 Å². The summed E-state index contributed by atoms with van der Waals surface area (Å²) in [6.07, 6.45) is 2.21. The van der Waals surface area contributed by atoms with Crippen molar-refractivity contribution in [2.75, 3.05) is 34.4 Å². The molecule has 3 heterocycles. The molecule has 10 heteroatoms. The van der Waals surface area contributed by atoms with E-state index in [9.17, 15) is 4.79 Å². The fourth-order valence-corrected chi connectivity index (χ4v) is 5.14. The van der Waals surface area contributed by atoms with Crippen LogP contribution in [-0.4, -0.2) is 64.5 Å². The molecule has 0 saturated carbocycles. The summed E-state index contributed by atoms with van der Waals surface area (Å²) >= 11 is 0. The standard InChI is InChI=1S/C27H32N6O4/c1-17-6-5-11-32(15-17)25(26-29-30-31-33(26)16-18-7-9-20(35-2)10-8-18)21-12-19-13-23(36-3)24(37-4)14-22(19)28-27(21)34/h7-10,12-14,17,25H,5-6,11,15-16H2,1-4H3,(H,28,34)/t17-,25-/m0/s1. The number of nitrogens with one attached hydrogen (secondary N) is 1. The number of ether oxygens (including phenoxy) is 3. The number of piperidine rings is 1. The highest BCUT2D eigenvalue weighted by atomic mass is 16.5. The molecule has 37 heavy (non-hydrogen) atoms. The van der Waals surface area contributed by atoms with Gasteiger partial charge in [0.25, 0.3) is 5.56 Å². The number of rotatable bonds is 8. The molecule has 1 fully saturated rings. The highest BCUT2D eigenvalue weighted by Crippen LogP contribution is 2.34. The van der Waals surface area contributed by atoms with E-state index in [1.807, 2.05) is 36.4 Å². The van der Waals surface area contributed by atoms with Crippen LogP contribution in [0.1, 0.15) is 42.8 Å². The number of pyridine rings is 1. The van der Waals surface area contributed by atoms with Crippen molar-refractivity contribution >= 4 is 10.9 Å². The molecule has 0 bridgehead atoms. The summed E-state index contributed by atoms with van der Waals surface area (Å²) < 4.78 is 18.0. The lowest BCUT2D eigenvalue weighted by molar-refractivity contribution is 0.141. The average molecular weight is 505 g/mol. The van der Waals surface area contributed by atoms with Gasteiger partial charge in [-0.2, -0.15) is 0 Å². The Morgan fingerprint density at radius 1 is 1.05 bits per heavy atom. The molecule has 4 aromatic rings. The number of hydrogen-bond donors (Lipinski definition) is 1. The van der Waals surface area contributed by atoms with Crippen LogP contribution in [0.15, 0.2) is 47.3 Å². The number of benzene rings is 2. The first kappa shape index (κ1) is 24.8. The van der Waals surface area contributed by atoms with E-state index in [0.29, 0.717) is 40.9 Å². The molecular formula is C27H32N6O4. The molecule has 1 aliphatic heterocycles. The van der Waals surface area contributed by atoms with Crippen LogP contribution < -0.4 is 19.8 Å². The third-order valence-corrected chi connectivity index (χ3v) is 7.02. The minimum Gasteiger partial charge on any atom is -0.497 e. The summed E-state index contributed by atoms with van der Waals surface area (Å²) in [6, 6.07) is 13.0. The Morgan fingerprint density at radius 3 is 2.51 bits per heavy atom. The molecule has 194 valence electrons. The maximum Gasteiger partial charge on any atom is 0.253 e. The van der Waals surface area contributed by atoms with Gasteiger partial charge in [0.2, 0.25) is 0 Å². The van der Waals surface area contributed by atoms with E-state index in [2.05, 4.69) is 32.3 Å². The number of nitrogens with zero attached hydrogens (tertiary/aromatic N) is 5. The normalized spacial score (nSPS) is 17.0. The third-order valence-electron chi connectivity index (χ3n) is 7.02. The van der Waals surface area contributed by atoms with Gasteiger partial charge in [-0.3, -0.25) is 9.69 Å². The van der Waals surface area contributed by atoms with Crippen LogP contribution in [-0.2, 0) is 6.54 Å². The lowest BCUT2D eigenvalue weighted by Crippen LogP contribution is -2.41. The molecular weight excluding hydrogens is 472 g/mol. The number of aromatic amines is 1. The zero-order valence-corrected chi connectivity index (χ0v) is 21.6. The van der Waals surface area contributed by atoms with Crippen molar-refractivity contribution in [3.63, 3.8) is 0 Å². The molecule has 1 aliphatic rings. The van der Waals surface area contributed by atoms with Crippen LogP contribution in [0.2, 0.25) is 0 Å². The predicted octanol–water partition coefficient (Wildman–Crippen LogP) is 3.41. The van der Waals surface area contributed by atoms with Crippen LogP contribution in [0.5, 0.6) is 17.2 Å². The van der Waals surface area contributed by atoms with Gasteiger partial charge in [-0.1, -0.05) is 19.1 Å². The monoisotopic (exact) mass is 504 g/mol. The van der Waals surface area contributed by atoms with Gasteiger partial charge in [0, 0.05) is 23.6 Å². The highest BCUT2D eigenvalue weighted by molar-refractivity contribution is 5.83. The van der Waals surface area contributed by atoms with Crippen molar-refractivity contribution in [2.45, 2.75) is 32.4 Å². The Labute approximate surface area is 215 Å². The van der Waals surface area contributed by atoms with Gasteiger partial charge in [-0.15, -0.1) is 5.10 Å². The fraction of sp³-hybridized carbons (Fsp3) is 0.407. The number of fused-ring (bicyclic) bond motifs is 1. The Balaban J connectivity index is 1.61. The van der Waals surface area contributed by atoms with Crippen molar-refractivity contribution in [3.05, 3.63) is 69.8 Å². The van der Waals surface area contributed by atoms with Crippen LogP contribution in [0.25, 0.3) is 10.9 Å². The van der Waals surface area contributed by atoms with Crippen molar-refractivity contribution in [1.29, 1.82) is 0 Å². The lowest BCUT2D eigenvalue weighted by atomic mass is 9.95. The van der Waals surface area contributed by atoms with E-state index >= 15 is 0 Å². The Kier molecular flexibility index (Phi) is 7.09. The predicted molar refractivity (Wildman–Crippen MR) is 139 cm³/mol. The summed E-state index contributed by atoms with van der Waals surface area (Å²) in [5.41, 5.74) is 2.13. The first-order chi connectivity index (χ1) is 18.0. The zero-order valence-electron chi connectivity index (χ0n) is 21.6. The van der Waals surface area contributed by atoms with Gasteiger partial charge in [-0.05, 0) is 65.6 Å². The summed E-state index contributed by atoms with van der Waals surface area (Å²) in [7, 11) is 4.82. The molecule has 0 unspecified atom stereocenters. The van der Waals surface area contributed by atoms with Crippen molar-refractivity contribution < 1.29 is 14.2 Å². The first-order valence-corrected chi connectivity index (χ1v) is 12.4. The second kappa shape index (κ2) is 10.6. The minimum absolute atomic E-state index is 0.179. The summed E-state index contributed by atoms with van der Waals surface area (Å²) in [4.78, 5) is 18.9. The SMILES string of the molecule is COc1ccc(Cn2nnnc2[C@H](c2cc3cc(OC)c(OC)cc3[nH]c2=O)N2CCC[C@H](C)C2)cc1. The van der Waals surface area contributed by atoms with Crippen LogP contribution in [0.4, 0.5) is 0 Å². The summed E-state index contributed by atoms with van der Waals surface area (Å²) in [6.45, 7) is 4.42. The molecule has 2 aromatic carbocycles. The number of methoxy groups -OCH3 is 3. The van der Waals surface area contributed by atoms with Crippen LogP contribution in [0, 0.1) is 5.92 Å². The number of aromatic nitrogens is 5. The van der Waals surface area contributed by atoms with Gasteiger partial charge in [0.05, 0.1) is 33.4 Å².